The van der Waals surface area contributed by atoms with E-state index in [1.165, 1.54) is 5.56 Å². The molecule has 0 spiro atoms. The second-order valence-corrected chi connectivity index (χ2v) is 6.72. The lowest BCUT2D eigenvalue weighted by molar-refractivity contribution is -0.129. The first-order chi connectivity index (χ1) is 11.5. The first kappa shape index (κ1) is 16.4. The minimum absolute atomic E-state index is 0.0106. The molecule has 0 atom stereocenters. The molecular weight excluding hydrogens is 322 g/mol. The van der Waals surface area contributed by atoms with Gasteiger partial charge in [-0.15, -0.1) is 11.3 Å². The molecule has 0 radical (unpaired) electrons. The van der Waals surface area contributed by atoms with E-state index in [1.54, 1.807) is 23.3 Å². The van der Waals surface area contributed by atoms with Crippen molar-refractivity contribution < 1.29 is 9.32 Å². The van der Waals surface area contributed by atoms with Crippen LogP contribution < -0.4 is 0 Å². The monoisotopic (exact) mass is 341 g/mol. The second kappa shape index (κ2) is 6.97. The summed E-state index contributed by atoms with van der Waals surface area (Å²) in [6.45, 7) is 4.33. The van der Waals surface area contributed by atoms with Crippen molar-refractivity contribution in [3.8, 4) is 10.6 Å². The van der Waals surface area contributed by atoms with Gasteiger partial charge in [-0.3, -0.25) is 4.79 Å². The summed E-state index contributed by atoms with van der Waals surface area (Å²) in [5.41, 5.74) is 3.84. The third-order valence-electron chi connectivity index (χ3n) is 3.68. The summed E-state index contributed by atoms with van der Waals surface area (Å²) in [4.78, 5) is 18.6. The lowest BCUT2D eigenvalue weighted by Crippen LogP contribution is -2.27. The number of carbonyl (C=O) groups excluding carboxylic acids is 1. The molecule has 2 heterocycles. The molecule has 124 valence electrons. The third kappa shape index (κ3) is 3.89. The average Bonchev–Trinajstić information content (AvgIpc) is 3.17. The summed E-state index contributed by atoms with van der Waals surface area (Å²) in [7, 11) is 1.76. The fourth-order valence-corrected chi connectivity index (χ4v) is 3.16. The summed E-state index contributed by atoms with van der Waals surface area (Å²) >= 11 is 1.56. The van der Waals surface area contributed by atoms with Gasteiger partial charge < -0.3 is 9.42 Å². The molecule has 0 saturated carbocycles. The van der Waals surface area contributed by atoms with Gasteiger partial charge in [-0.25, -0.2) is 4.98 Å². The van der Waals surface area contributed by atoms with Gasteiger partial charge in [0, 0.05) is 24.1 Å². The Hall–Kier alpha value is -2.47. The fraction of sp³-hybridized carbons (Fsp3) is 0.278. The van der Waals surface area contributed by atoms with Gasteiger partial charge in [-0.05, 0) is 13.8 Å². The van der Waals surface area contributed by atoms with E-state index in [-0.39, 0.29) is 12.3 Å². The number of aromatic nitrogens is 2. The molecular formula is C18H19N3O2S. The first-order valence-electron chi connectivity index (χ1n) is 7.69. The maximum absolute atomic E-state index is 12.3. The van der Waals surface area contributed by atoms with Crippen LogP contribution in [0.5, 0.6) is 0 Å². The predicted octanol–water partition coefficient (Wildman–Crippen LogP) is 3.62. The van der Waals surface area contributed by atoms with E-state index >= 15 is 0 Å². The highest BCUT2D eigenvalue weighted by Gasteiger charge is 2.14. The SMILES string of the molecule is Cc1ccc(-c2nc(CC(=O)N(C)Cc3cc(C)on3)cs2)cc1. The van der Waals surface area contributed by atoms with E-state index in [0.29, 0.717) is 6.54 Å². The molecule has 2 aromatic heterocycles. The van der Waals surface area contributed by atoms with E-state index in [2.05, 4.69) is 41.3 Å². The number of likely N-dealkylation sites (N-methyl/N-ethyl adjacent to an activating group) is 1. The Morgan fingerprint density at radius 1 is 1.21 bits per heavy atom. The molecule has 0 unspecified atom stereocenters. The quantitative estimate of drug-likeness (QED) is 0.711. The van der Waals surface area contributed by atoms with Crippen LogP contribution >= 0.6 is 11.3 Å². The van der Waals surface area contributed by atoms with Gasteiger partial charge >= 0.3 is 0 Å². The lowest BCUT2D eigenvalue weighted by Gasteiger charge is -2.14. The molecule has 0 N–H and O–H groups in total. The van der Waals surface area contributed by atoms with Gasteiger partial charge in [0.15, 0.2) is 0 Å². The molecule has 5 nitrogen and oxygen atoms in total. The molecule has 6 heteroatoms. The van der Waals surface area contributed by atoms with Crippen molar-refractivity contribution in [3.63, 3.8) is 0 Å². The van der Waals surface area contributed by atoms with Gasteiger partial charge in [0.25, 0.3) is 0 Å². The Labute approximate surface area is 144 Å². The zero-order valence-electron chi connectivity index (χ0n) is 13.9. The highest BCUT2D eigenvalue weighted by molar-refractivity contribution is 7.13. The molecule has 3 aromatic rings. The fourth-order valence-electron chi connectivity index (χ4n) is 2.33. The topological polar surface area (TPSA) is 59.2 Å². The van der Waals surface area contributed by atoms with Crippen LogP contribution in [0, 0.1) is 13.8 Å². The molecule has 0 saturated heterocycles. The molecule has 0 fully saturated rings. The molecule has 0 bridgehead atoms. The van der Waals surface area contributed by atoms with Crippen molar-refractivity contribution in [3.05, 3.63) is 58.4 Å². The van der Waals surface area contributed by atoms with E-state index in [4.69, 9.17) is 4.52 Å². The number of hydrogen-bond acceptors (Lipinski definition) is 5. The molecule has 3 rings (SSSR count). The number of carbonyl (C=O) groups is 1. The number of rotatable bonds is 5. The first-order valence-corrected chi connectivity index (χ1v) is 8.57. The van der Waals surface area contributed by atoms with Crippen LogP contribution in [0.4, 0.5) is 0 Å². The lowest BCUT2D eigenvalue weighted by atomic mass is 10.2. The highest BCUT2D eigenvalue weighted by atomic mass is 32.1. The zero-order chi connectivity index (χ0) is 17.1. The summed E-state index contributed by atoms with van der Waals surface area (Å²) in [5, 5.41) is 6.80. The minimum atomic E-state index is 0.0106. The van der Waals surface area contributed by atoms with Crippen molar-refractivity contribution in [2.45, 2.75) is 26.8 Å². The van der Waals surface area contributed by atoms with Crippen molar-refractivity contribution in [2.24, 2.45) is 0 Å². The molecule has 24 heavy (non-hydrogen) atoms. The van der Waals surface area contributed by atoms with Crippen LogP contribution in [-0.4, -0.2) is 28.0 Å². The van der Waals surface area contributed by atoms with Gasteiger partial charge in [0.1, 0.15) is 16.5 Å². The van der Waals surface area contributed by atoms with Crippen LogP contribution in [0.25, 0.3) is 10.6 Å². The Bertz CT molecular complexity index is 836. The van der Waals surface area contributed by atoms with Gasteiger partial charge in [0.05, 0.1) is 18.7 Å². The largest absolute Gasteiger partial charge is 0.361 e. The molecule has 0 aliphatic carbocycles. The Morgan fingerprint density at radius 3 is 2.62 bits per heavy atom. The van der Waals surface area contributed by atoms with Crippen LogP contribution in [0.15, 0.2) is 40.2 Å². The number of aryl methyl sites for hydroxylation is 2. The number of benzene rings is 1. The van der Waals surface area contributed by atoms with Gasteiger partial charge in [-0.2, -0.15) is 0 Å². The molecule has 0 aliphatic heterocycles. The van der Waals surface area contributed by atoms with Crippen LogP contribution in [0.3, 0.4) is 0 Å². The van der Waals surface area contributed by atoms with Crippen molar-refractivity contribution >= 4 is 17.2 Å². The molecule has 1 amide bonds. The Kier molecular flexibility index (Phi) is 4.76. The number of hydrogen-bond donors (Lipinski definition) is 0. The summed E-state index contributed by atoms with van der Waals surface area (Å²) in [6.07, 6.45) is 0.287. The number of nitrogens with zero attached hydrogens (tertiary/aromatic N) is 3. The molecule has 0 aliphatic rings. The maximum Gasteiger partial charge on any atom is 0.228 e. The standard InChI is InChI=1S/C18H19N3O2S/c1-12-4-6-14(7-5-12)18-19-16(11-24-18)9-17(22)21(3)10-15-8-13(2)23-20-15/h4-8,11H,9-10H2,1-3H3. The summed E-state index contributed by atoms with van der Waals surface area (Å²) < 4.78 is 5.03. The van der Waals surface area contributed by atoms with Crippen molar-refractivity contribution in [1.82, 2.24) is 15.0 Å². The van der Waals surface area contributed by atoms with E-state index in [0.717, 1.165) is 27.7 Å². The zero-order valence-corrected chi connectivity index (χ0v) is 14.8. The number of amides is 1. The van der Waals surface area contributed by atoms with Crippen LogP contribution in [0.1, 0.15) is 22.7 Å². The van der Waals surface area contributed by atoms with E-state index in [9.17, 15) is 4.79 Å². The summed E-state index contributed by atoms with van der Waals surface area (Å²) in [6, 6.07) is 10.1. The molecule has 1 aromatic carbocycles. The number of thiazole rings is 1. The average molecular weight is 341 g/mol. The second-order valence-electron chi connectivity index (χ2n) is 5.87. The maximum atomic E-state index is 12.3. The Balaban J connectivity index is 1.63. The van der Waals surface area contributed by atoms with E-state index < -0.39 is 0 Å². The van der Waals surface area contributed by atoms with Crippen LogP contribution in [-0.2, 0) is 17.8 Å². The minimum Gasteiger partial charge on any atom is -0.361 e. The third-order valence-corrected chi connectivity index (χ3v) is 4.62. The van der Waals surface area contributed by atoms with Gasteiger partial charge in [-0.1, -0.05) is 35.0 Å². The Morgan fingerprint density at radius 2 is 1.96 bits per heavy atom. The van der Waals surface area contributed by atoms with Crippen molar-refractivity contribution in [2.75, 3.05) is 7.05 Å². The smallest absolute Gasteiger partial charge is 0.228 e. The normalized spacial score (nSPS) is 10.8. The summed E-state index contributed by atoms with van der Waals surface area (Å²) in [5.74, 6) is 0.754. The van der Waals surface area contributed by atoms with E-state index in [1.807, 2.05) is 18.4 Å². The van der Waals surface area contributed by atoms with Crippen LogP contribution in [0.2, 0.25) is 0 Å². The highest BCUT2D eigenvalue weighted by Crippen LogP contribution is 2.24. The van der Waals surface area contributed by atoms with Crippen molar-refractivity contribution in [1.29, 1.82) is 0 Å². The van der Waals surface area contributed by atoms with Gasteiger partial charge in [0.2, 0.25) is 5.91 Å². The predicted molar refractivity (Wildman–Crippen MR) is 93.7 cm³/mol.